The van der Waals surface area contributed by atoms with Crippen molar-refractivity contribution in [3.63, 3.8) is 0 Å². The first-order chi connectivity index (χ1) is 9.83. The largest absolute Gasteiger partial charge is 0.449 e. The molecule has 0 aliphatic heterocycles. The van der Waals surface area contributed by atoms with Crippen molar-refractivity contribution >= 4 is 6.09 Å². The number of hydrogen-bond acceptors (Lipinski definition) is 2. The van der Waals surface area contributed by atoms with Crippen LogP contribution >= 0.6 is 0 Å². The summed E-state index contributed by atoms with van der Waals surface area (Å²) in [6.45, 7) is 2.72. The van der Waals surface area contributed by atoms with E-state index in [4.69, 9.17) is 4.74 Å². The van der Waals surface area contributed by atoms with E-state index in [1.54, 1.807) is 0 Å². The number of hydrogen-bond donors (Lipinski definition) is 0. The van der Waals surface area contributed by atoms with Gasteiger partial charge in [-0.15, -0.1) is 0 Å². The highest BCUT2D eigenvalue weighted by molar-refractivity contribution is 5.68. The molecule has 1 amide bonds. The minimum atomic E-state index is -0.0303. The third kappa shape index (κ3) is 4.39. The maximum absolute atomic E-state index is 12.5. The molecular formula is C17H31NO2. The third-order valence-corrected chi connectivity index (χ3v) is 4.87. The lowest BCUT2D eigenvalue weighted by atomic mass is 9.89. The molecule has 2 aliphatic rings. The van der Waals surface area contributed by atoms with E-state index in [1.807, 2.05) is 0 Å². The first kappa shape index (κ1) is 15.7. The summed E-state index contributed by atoms with van der Waals surface area (Å²) in [5.74, 6) is 0. The Hall–Kier alpha value is -0.730. The third-order valence-electron chi connectivity index (χ3n) is 4.87. The van der Waals surface area contributed by atoms with Crippen molar-refractivity contribution in [1.29, 1.82) is 0 Å². The molecule has 3 heteroatoms. The van der Waals surface area contributed by atoms with Crippen LogP contribution in [0.25, 0.3) is 0 Å². The Balaban J connectivity index is 1.95. The summed E-state index contributed by atoms with van der Waals surface area (Å²) >= 11 is 0. The van der Waals surface area contributed by atoms with Crippen LogP contribution in [0.1, 0.15) is 84.0 Å². The molecule has 0 spiro atoms. The summed E-state index contributed by atoms with van der Waals surface area (Å²) in [5.41, 5.74) is 0. The first-order valence-corrected chi connectivity index (χ1v) is 8.78. The molecule has 2 rings (SSSR count). The highest BCUT2D eigenvalue weighted by atomic mass is 16.6. The van der Waals surface area contributed by atoms with Gasteiger partial charge in [-0.1, -0.05) is 51.9 Å². The van der Waals surface area contributed by atoms with Gasteiger partial charge in [-0.2, -0.15) is 0 Å². The molecule has 0 N–H and O–H groups in total. The molecule has 0 aromatic rings. The van der Waals surface area contributed by atoms with Crippen molar-refractivity contribution in [3.05, 3.63) is 0 Å². The molecule has 0 heterocycles. The van der Waals surface area contributed by atoms with Gasteiger partial charge in [-0.3, -0.25) is 0 Å². The summed E-state index contributed by atoms with van der Waals surface area (Å²) in [7, 11) is 0. The van der Waals surface area contributed by atoms with Gasteiger partial charge in [0.05, 0.1) is 6.61 Å². The van der Waals surface area contributed by atoms with Gasteiger partial charge in [0, 0.05) is 12.1 Å². The van der Waals surface area contributed by atoms with Crippen LogP contribution in [-0.4, -0.2) is 29.7 Å². The van der Waals surface area contributed by atoms with Gasteiger partial charge < -0.3 is 9.64 Å². The van der Waals surface area contributed by atoms with Gasteiger partial charge in [0.25, 0.3) is 0 Å². The lowest BCUT2D eigenvalue weighted by Crippen LogP contribution is -2.49. The molecular weight excluding hydrogens is 250 g/mol. The van der Waals surface area contributed by atoms with Crippen LogP contribution in [-0.2, 0) is 4.74 Å². The van der Waals surface area contributed by atoms with Gasteiger partial charge >= 0.3 is 6.09 Å². The Morgan fingerprint density at radius 3 is 1.90 bits per heavy atom. The number of rotatable bonds is 5. The van der Waals surface area contributed by atoms with Gasteiger partial charge in [-0.25, -0.2) is 4.79 Å². The fraction of sp³-hybridized carbons (Fsp3) is 0.941. The lowest BCUT2D eigenvalue weighted by Gasteiger charge is -2.40. The van der Waals surface area contributed by atoms with Crippen LogP contribution in [0.2, 0.25) is 0 Å². The van der Waals surface area contributed by atoms with Gasteiger partial charge in [-0.05, 0) is 32.1 Å². The molecule has 0 aromatic heterocycles. The van der Waals surface area contributed by atoms with Crippen molar-refractivity contribution in [2.75, 3.05) is 6.61 Å². The standard InChI is InChI=1S/C17H31NO2/c1-2-3-14-20-17(19)18(15-10-6-4-7-11-15)16-12-8-5-9-13-16/h15-16H,2-14H2,1H3. The van der Waals surface area contributed by atoms with E-state index in [0.717, 1.165) is 12.8 Å². The summed E-state index contributed by atoms with van der Waals surface area (Å²) in [6, 6.07) is 0.891. The van der Waals surface area contributed by atoms with Crippen LogP contribution in [0, 0.1) is 0 Å². The molecule has 0 atom stereocenters. The molecule has 20 heavy (non-hydrogen) atoms. The summed E-state index contributed by atoms with van der Waals surface area (Å²) in [6.07, 6.45) is 14.5. The van der Waals surface area contributed by atoms with Crippen molar-refractivity contribution in [2.24, 2.45) is 0 Å². The number of ether oxygens (including phenoxy) is 1. The number of unbranched alkanes of at least 4 members (excludes halogenated alkanes) is 1. The zero-order chi connectivity index (χ0) is 14.2. The quantitative estimate of drug-likeness (QED) is 0.671. The van der Waals surface area contributed by atoms with Crippen molar-refractivity contribution in [2.45, 2.75) is 96.1 Å². The topological polar surface area (TPSA) is 29.5 Å². The van der Waals surface area contributed by atoms with Crippen molar-refractivity contribution in [3.8, 4) is 0 Å². The minimum absolute atomic E-state index is 0.0303. The SMILES string of the molecule is CCCCOC(=O)N(C1CCCCC1)C1CCCCC1. The number of carbonyl (C=O) groups excluding carboxylic acids is 1. The maximum atomic E-state index is 12.5. The average molecular weight is 281 g/mol. The van der Waals surface area contributed by atoms with Crippen LogP contribution < -0.4 is 0 Å². The van der Waals surface area contributed by atoms with Crippen LogP contribution in [0.5, 0.6) is 0 Å². The second kappa shape index (κ2) is 8.53. The van der Waals surface area contributed by atoms with Crippen LogP contribution in [0.4, 0.5) is 4.79 Å². The Morgan fingerprint density at radius 2 is 1.45 bits per heavy atom. The van der Waals surface area contributed by atoms with Gasteiger partial charge in [0.1, 0.15) is 0 Å². The Kier molecular flexibility index (Phi) is 6.68. The van der Waals surface area contributed by atoms with Crippen molar-refractivity contribution in [1.82, 2.24) is 4.90 Å². The lowest BCUT2D eigenvalue weighted by molar-refractivity contribution is 0.0450. The van der Waals surface area contributed by atoms with Gasteiger partial charge in [0.15, 0.2) is 0 Å². The van der Waals surface area contributed by atoms with E-state index < -0.39 is 0 Å². The molecule has 2 saturated carbocycles. The highest BCUT2D eigenvalue weighted by Gasteiger charge is 2.33. The second-order valence-corrected chi connectivity index (χ2v) is 6.46. The summed E-state index contributed by atoms with van der Waals surface area (Å²) < 4.78 is 5.54. The molecule has 0 unspecified atom stereocenters. The molecule has 0 aromatic carbocycles. The summed E-state index contributed by atoms with van der Waals surface area (Å²) in [4.78, 5) is 14.7. The molecule has 116 valence electrons. The molecule has 2 aliphatic carbocycles. The molecule has 2 fully saturated rings. The molecule has 3 nitrogen and oxygen atoms in total. The first-order valence-electron chi connectivity index (χ1n) is 8.78. The fourth-order valence-electron chi connectivity index (χ4n) is 3.69. The van der Waals surface area contributed by atoms with E-state index in [2.05, 4.69) is 11.8 Å². The van der Waals surface area contributed by atoms with E-state index in [0.29, 0.717) is 18.7 Å². The van der Waals surface area contributed by atoms with Crippen LogP contribution in [0.15, 0.2) is 0 Å². The number of carbonyl (C=O) groups is 1. The fourth-order valence-corrected chi connectivity index (χ4v) is 3.69. The second-order valence-electron chi connectivity index (χ2n) is 6.46. The Labute approximate surface area is 124 Å². The monoisotopic (exact) mass is 281 g/mol. The zero-order valence-corrected chi connectivity index (χ0v) is 13.1. The van der Waals surface area contributed by atoms with Gasteiger partial charge in [0.2, 0.25) is 0 Å². The van der Waals surface area contributed by atoms with Crippen molar-refractivity contribution < 1.29 is 9.53 Å². The predicted octanol–water partition coefficient (Wildman–Crippen LogP) is 4.89. The van der Waals surface area contributed by atoms with Crippen LogP contribution in [0.3, 0.4) is 0 Å². The van der Waals surface area contributed by atoms with E-state index in [9.17, 15) is 4.79 Å². The number of nitrogens with zero attached hydrogens (tertiary/aromatic N) is 1. The number of amides is 1. The summed E-state index contributed by atoms with van der Waals surface area (Å²) in [5, 5.41) is 0. The Morgan fingerprint density at radius 1 is 0.950 bits per heavy atom. The van der Waals surface area contributed by atoms with E-state index in [1.165, 1.54) is 64.2 Å². The molecule has 0 bridgehead atoms. The van der Waals surface area contributed by atoms with E-state index >= 15 is 0 Å². The predicted molar refractivity (Wildman–Crippen MR) is 81.8 cm³/mol. The smallest absolute Gasteiger partial charge is 0.410 e. The normalized spacial score (nSPS) is 21.6. The highest BCUT2D eigenvalue weighted by Crippen LogP contribution is 2.30. The molecule has 0 radical (unpaired) electrons. The average Bonchev–Trinajstić information content (AvgIpc) is 2.50. The molecule has 0 saturated heterocycles. The van der Waals surface area contributed by atoms with E-state index in [-0.39, 0.29) is 6.09 Å². The maximum Gasteiger partial charge on any atom is 0.410 e. The minimum Gasteiger partial charge on any atom is -0.449 e. The zero-order valence-electron chi connectivity index (χ0n) is 13.1. The Bertz CT molecular complexity index is 263.